The molecule has 0 bridgehead atoms. The zero-order chi connectivity index (χ0) is 12.6. The Morgan fingerprint density at radius 2 is 2.06 bits per heavy atom. The van der Waals surface area contributed by atoms with Gasteiger partial charge in [0.2, 0.25) is 0 Å². The maximum atomic E-state index is 11.2. The second-order valence-electron chi connectivity index (χ2n) is 3.62. The van der Waals surface area contributed by atoms with Crippen molar-refractivity contribution < 1.29 is 13.9 Å². The molecule has 0 spiro atoms. The molecule has 0 saturated heterocycles. The lowest BCUT2D eigenvalue weighted by Crippen LogP contribution is -2.04. The summed E-state index contributed by atoms with van der Waals surface area (Å²) in [5.41, 5.74) is 0.905. The minimum Gasteiger partial charge on any atom is -0.426 e. The molecule has 1 aromatic carbocycles. The molecular formula is C12H9IO4. The zero-order valence-corrected chi connectivity index (χ0v) is 11.4. The van der Waals surface area contributed by atoms with Crippen molar-refractivity contribution >= 4 is 39.5 Å². The first-order chi connectivity index (χ1) is 7.97. The molecule has 1 heterocycles. The Balaban J connectivity index is 2.71. The smallest absolute Gasteiger partial charge is 0.336 e. The largest absolute Gasteiger partial charge is 0.426 e. The summed E-state index contributed by atoms with van der Waals surface area (Å²) in [5.74, 6) is 0.0971. The van der Waals surface area contributed by atoms with Gasteiger partial charge in [-0.25, -0.2) is 4.79 Å². The van der Waals surface area contributed by atoms with Crippen LogP contribution in [-0.4, -0.2) is 5.97 Å². The first-order valence-electron chi connectivity index (χ1n) is 4.90. The molecular weight excluding hydrogens is 335 g/mol. The summed E-state index contributed by atoms with van der Waals surface area (Å²) in [6.45, 7) is 3.15. The quantitative estimate of drug-likeness (QED) is 0.345. The van der Waals surface area contributed by atoms with Crippen LogP contribution in [0.25, 0.3) is 11.0 Å². The third-order valence-corrected chi connectivity index (χ3v) is 3.10. The van der Waals surface area contributed by atoms with Crippen LogP contribution < -0.4 is 10.4 Å². The van der Waals surface area contributed by atoms with E-state index in [4.69, 9.17) is 9.15 Å². The predicted molar refractivity (Wildman–Crippen MR) is 71.2 cm³/mol. The summed E-state index contributed by atoms with van der Waals surface area (Å²) in [7, 11) is 0. The Hall–Kier alpha value is -1.37. The molecule has 0 fully saturated rings. The Bertz CT molecular complexity index is 657. The lowest BCUT2D eigenvalue weighted by molar-refractivity contribution is -0.131. The van der Waals surface area contributed by atoms with Crippen LogP contribution in [0.3, 0.4) is 0 Å². The Labute approximate surface area is 111 Å². The van der Waals surface area contributed by atoms with E-state index in [1.807, 2.05) is 29.5 Å². The molecule has 5 heteroatoms. The predicted octanol–water partition coefficient (Wildman–Crippen LogP) is 2.63. The van der Waals surface area contributed by atoms with E-state index < -0.39 is 0 Å². The topological polar surface area (TPSA) is 56.5 Å². The van der Waals surface area contributed by atoms with Gasteiger partial charge in [-0.1, -0.05) is 0 Å². The summed E-state index contributed by atoms with van der Waals surface area (Å²) >= 11 is 2.03. The number of carbonyl (C=O) groups is 1. The number of benzene rings is 1. The number of hydrogen-bond acceptors (Lipinski definition) is 4. The van der Waals surface area contributed by atoms with Crippen molar-refractivity contribution in [3.63, 3.8) is 0 Å². The van der Waals surface area contributed by atoms with Crippen LogP contribution in [0.15, 0.2) is 27.4 Å². The van der Waals surface area contributed by atoms with Crippen molar-refractivity contribution in [3.05, 3.63) is 37.8 Å². The van der Waals surface area contributed by atoms with Gasteiger partial charge in [0, 0.05) is 18.4 Å². The lowest BCUT2D eigenvalue weighted by Gasteiger charge is -2.07. The number of esters is 1. The van der Waals surface area contributed by atoms with Gasteiger partial charge in [-0.05, 0) is 47.2 Å². The number of aryl methyl sites for hydroxylation is 1. The highest BCUT2D eigenvalue weighted by Crippen LogP contribution is 2.28. The summed E-state index contributed by atoms with van der Waals surface area (Å²) in [4.78, 5) is 22.2. The van der Waals surface area contributed by atoms with E-state index in [0.29, 0.717) is 11.3 Å². The third kappa shape index (κ3) is 2.49. The highest BCUT2D eigenvalue weighted by Gasteiger charge is 2.10. The van der Waals surface area contributed by atoms with Gasteiger partial charge < -0.3 is 9.15 Å². The van der Waals surface area contributed by atoms with Crippen LogP contribution >= 0.6 is 22.6 Å². The zero-order valence-electron chi connectivity index (χ0n) is 9.24. The molecule has 0 unspecified atom stereocenters. The average molecular weight is 344 g/mol. The van der Waals surface area contributed by atoms with E-state index >= 15 is 0 Å². The van der Waals surface area contributed by atoms with Gasteiger partial charge in [-0.2, -0.15) is 0 Å². The number of fused-ring (bicyclic) bond motifs is 1. The monoisotopic (exact) mass is 344 g/mol. The minimum absolute atomic E-state index is 0.377. The van der Waals surface area contributed by atoms with Crippen LogP contribution in [0, 0.1) is 10.5 Å². The molecule has 0 N–H and O–H groups in total. The number of hydrogen-bond donors (Lipinski definition) is 0. The Morgan fingerprint density at radius 1 is 1.35 bits per heavy atom. The van der Waals surface area contributed by atoms with Gasteiger partial charge in [0.1, 0.15) is 11.3 Å². The highest BCUT2D eigenvalue weighted by molar-refractivity contribution is 14.1. The first kappa shape index (κ1) is 12.1. The number of carbonyl (C=O) groups excluding carboxylic acids is 1. The fraction of sp³-hybridized carbons (Fsp3) is 0.167. The maximum Gasteiger partial charge on any atom is 0.336 e. The molecule has 4 nitrogen and oxygen atoms in total. The Morgan fingerprint density at radius 3 is 2.71 bits per heavy atom. The van der Waals surface area contributed by atoms with E-state index in [1.165, 1.54) is 13.0 Å². The standard InChI is InChI=1S/C12H9IO4/c1-6-3-12(15)17-10-5-9(13)11(4-8(6)10)16-7(2)14/h3-5H,1-2H3. The summed E-state index contributed by atoms with van der Waals surface area (Å²) in [5, 5.41) is 0.765. The molecule has 1 aromatic heterocycles. The molecule has 17 heavy (non-hydrogen) atoms. The SMILES string of the molecule is CC(=O)Oc1cc2c(C)cc(=O)oc2cc1I. The summed E-state index contributed by atoms with van der Waals surface area (Å²) in [6.07, 6.45) is 0. The van der Waals surface area contributed by atoms with Gasteiger partial charge in [0.25, 0.3) is 0 Å². The molecule has 0 amide bonds. The molecule has 0 aliphatic rings. The first-order valence-corrected chi connectivity index (χ1v) is 5.97. The molecule has 0 radical (unpaired) electrons. The van der Waals surface area contributed by atoms with Crippen molar-refractivity contribution in [1.82, 2.24) is 0 Å². The molecule has 0 aliphatic heterocycles. The van der Waals surface area contributed by atoms with Crippen LogP contribution in [0.4, 0.5) is 0 Å². The van der Waals surface area contributed by atoms with Crippen LogP contribution in [0.5, 0.6) is 5.75 Å². The van der Waals surface area contributed by atoms with E-state index in [9.17, 15) is 9.59 Å². The van der Waals surface area contributed by atoms with Crippen molar-refractivity contribution in [2.75, 3.05) is 0 Å². The van der Waals surface area contributed by atoms with E-state index in [0.717, 1.165) is 14.5 Å². The van der Waals surface area contributed by atoms with E-state index in [-0.39, 0.29) is 11.6 Å². The van der Waals surface area contributed by atoms with Gasteiger partial charge >= 0.3 is 11.6 Å². The van der Waals surface area contributed by atoms with Crippen molar-refractivity contribution in [2.24, 2.45) is 0 Å². The molecule has 2 rings (SSSR count). The van der Waals surface area contributed by atoms with Crippen LogP contribution in [-0.2, 0) is 4.79 Å². The second-order valence-corrected chi connectivity index (χ2v) is 4.78. The molecule has 0 aliphatic carbocycles. The Kier molecular flexibility index (Phi) is 3.19. The normalized spacial score (nSPS) is 10.5. The van der Waals surface area contributed by atoms with Gasteiger partial charge in [-0.15, -0.1) is 0 Å². The average Bonchev–Trinajstić information content (AvgIpc) is 2.19. The van der Waals surface area contributed by atoms with Gasteiger partial charge in [0.05, 0.1) is 3.57 Å². The lowest BCUT2D eigenvalue weighted by atomic mass is 10.1. The fourth-order valence-corrected chi connectivity index (χ4v) is 2.10. The van der Waals surface area contributed by atoms with E-state index in [2.05, 4.69) is 0 Å². The molecule has 0 saturated carbocycles. The molecule has 88 valence electrons. The highest BCUT2D eigenvalue weighted by atomic mass is 127. The summed E-state index contributed by atoms with van der Waals surface area (Å²) < 4.78 is 10.9. The van der Waals surface area contributed by atoms with Gasteiger partial charge in [-0.3, -0.25) is 4.79 Å². The van der Waals surface area contributed by atoms with Crippen molar-refractivity contribution in [1.29, 1.82) is 0 Å². The number of rotatable bonds is 1. The van der Waals surface area contributed by atoms with Crippen LogP contribution in [0.1, 0.15) is 12.5 Å². The summed E-state index contributed by atoms with van der Waals surface area (Å²) in [6, 6.07) is 4.80. The molecule has 0 atom stereocenters. The maximum absolute atomic E-state index is 11.2. The fourth-order valence-electron chi connectivity index (χ4n) is 1.55. The van der Waals surface area contributed by atoms with Gasteiger partial charge in [0.15, 0.2) is 0 Å². The second kappa shape index (κ2) is 4.48. The van der Waals surface area contributed by atoms with Crippen molar-refractivity contribution in [2.45, 2.75) is 13.8 Å². The van der Waals surface area contributed by atoms with Crippen molar-refractivity contribution in [3.8, 4) is 5.75 Å². The third-order valence-electron chi connectivity index (χ3n) is 2.26. The number of ether oxygens (including phenoxy) is 1. The minimum atomic E-state index is -0.383. The van der Waals surface area contributed by atoms with Crippen LogP contribution in [0.2, 0.25) is 0 Å². The van der Waals surface area contributed by atoms with E-state index in [1.54, 1.807) is 12.1 Å². The molecule has 2 aromatic rings. The number of halogens is 1.